The summed E-state index contributed by atoms with van der Waals surface area (Å²) in [6, 6.07) is 7.71. The fourth-order valence-electron chi connectivity index (χ4n) is 1.37. The van der Waals surface area contributed by atoms with E-state index in [-0.39, 0.29) is 5.95 Å². The van der Waals surface area contributed by atoms with Crippen molar-refractivity contribution < 1.29 is 4.52 Å². The van der Waals surface area contributed by atoms with Gasteiger partial charge in [0.15, 0.2) is 0 Å². The molecule has 0 atom stereocenters. The Kier molecular flexibility index (Phi) is 2.53. The van der Waals surface area contributed by atoms with E-state index in [0.29, 0.717) is 12.3 Å². The van der Waals surface area contributed by atoms with E-state index in [2.05, 4.69) is 10.1 Å². The Bertz CT molecular complexity index is 452. The molecular formula is C10H12N4O. The van der Waals surface area contributed by atoms with Gasteiger partial charge in [-0.1, -0.05) is 18.2 Å². The number of nitrogens with zero attached hydrogens (tertiary/aromatic N) is 2. The molecule has 0 fully saturated rings. The van der Waals surface area contributed by atoms with Gasteiger partial charge < -0.3 is 16.0 Å². The first-order valence-corrected chi connectivity index (χ1v) is 4.67. The van der Waals surface area contributed by atoms with Crippen molar-refractivity contribution in [3.05, 3.63) is 35.7 Å². The first-order chi connectivity index (χ1) is 7.25. The van der Waals surface area contributed by atoms with Gasteiger partial charge in [-0.15, -0.1) is 0 Å². The smallest absolute Gasteiger partial charge is 0.260 e. The second-order valence-corrected chi connectivity index (χ2v) is 3.25. The molecule has 1 heterocycles. The van der Waals surface area contributed by atoms with Gasteiger partial charge in [0, 0.05) is 12.1 Å². The molecule has 0 spiro atoms. The van der Waals surface area contributed by atoms with E-state index in [1.165, 1.54) is 0 Å². The highest BCUT2D eigenvalue weighted by Gasteiger charge is 2.04. The van der Waals surface area contributed by atoms with Crippen LogP contribution in [0.4, 0.5) is 11.6 Å². The number of anilines is 2. The van der Waals surface area contributed by atoms with Crippen molar-refractivity contribution in [1.82, 2.24) is 10.1 Å². The molecule has 0 unspecified atom stereocenters. The van der Waals surface area contributed by atoms with Crippen LogP contribution in [0.2, 0.25) is 0 Å². The normalized spacial score (nSPS) is 10.4. The molecule has 5 nitrogen and oxygen atoms in total. The van der Waals surface area contributed by atoms with Crippen molar-refractivity contribution in [2.75, 3.05) is 11.5 Å². The molecule has 0 saturated carbocycles. The maximum Gasteiger partial charge on any atom is 0.260 e. The molecule has 0 bridgehead atoms. The van der Waals surface area contributed by atoms with Gasteiger partial charge >= 0.3 is 0 Å². The zero-order valence-corrected chi connectivity index (χ0v) is 8.18. The molecule has 0 aliphatic carbocycles. The van der Waals surface area contributed by atoms with Crippen LogP contribution in [-0.2, 0) is 12.8 Å². The Balaban J connectivity index is 2.02. The van der Waals surface area contributed by atoms with Crippen LogP contribution in [0.15, 0.2) is 28.8 Å². The average Bonchev–Trinajstić information content (AvgIpc) is 2.63. The third-order valence-corrected chi connectivity index (χ3v) is 2.15. The minimum atomic E-state index is 0.172. The number of hydrogen-bond acceptors (Lipinski definition) is 5. The topological polar surface area (TPSA) is 91.0 Å². The van der Waals surface area contributed by atoms with Gasteiger partial charge in [0.1, 0.15) is 0 Å². The summed E-state index contributed by atoms with van der Waals surface area (Å²) in [6.45, 7) is 0. The Hall–Kier alpha value is -2.04. The fraction of sp³-hybridized carbons (Fsp3) is 0.200. The summed E-state index contributed by atoms with van der Waals surface area (Å²) in [4.78, 5) is 3.91. The summed E-state index contributed by atoms with van der Waals surface area (Å²) >= 11 is 0. The van der Waals surface area contributed by atoms with E-state index >= 15 is 0 Å². The van der Waals surface area contributed by atoms with Crippen LogP contribution in [0, 0.1) is 0 Å². The molecule has 1 aromatic carbocycles. The number of para-hydroxylation sites is 1. The number of hydrogen-bond donors (Lipinski definition) is 2. The monoisotopic (exact) mass is 204 g/mol. The predicted molar refractivity (Wildman–Crippen MR) is 57.0 cm³/mol. The first kappa shape index (κ1) is 9.51. The van der Waals surface area contributed by atoms with Crippen LogP contribution in [0.25, 0.3) is 0 Å². The summed E-state index contributed by atoms with van der Waals surface area (Å²) in [6.07, 6.45) is 1.42. The van der Waals surface area contributed by atoms with Crippen LogP contribution in [0.3, 0.4) is 0 Å². The Morgan fingerprint density at radius 3 is 2.60 bits per heavy atom. The Morgan fingerprint density at radius 2 is 1.93 bits per heavy atom. The molecule has 78 valence electrons. The first-order valence-electron chi connectivity index (χ1n) is 4.67. The van der Waals surface area contributed by atoms with E-state index in [1.54, 1.807) is 0 Å². The van der Waals surface area contributed by atoms with Crippen LogP contribution in [0.5, 0.6) is 0 Å². The van der Waals surface area contributed by atoms with Crippen LogP contribution >= 0.6 is 0 Å². The predicted octanol–water partition coefficient (Wildman–Crippen LogP) is 1.02. The highest BCUT2D eigenvalue weighted by molar-refractivity contribution is 5.46. The standard InChI is InChI=1S/C10H12N4O/c11-8-4-2-1-3-7(8)5-6-9-13-10(12)14-15-9/h1-4H,5-6,11H2,(H2,12,14). The van der Waals surface area contributed by atoms with E-state index in [4.69, 9.17) is 16.0 Å². The Morgan fingerprint density at radius 1 is 1.13 bits per heavy atom. The molecule has 0 amide bonds. The molecule has 5 heteroatoms. The highest BCUT2D eigenvalue weighted by Crippen LogP contribution is 2.13. The third-order valence-electron chi connectivity index (χ3n) is 2.15. The highest BCUT2D eigenvalue weighted by atomic mass is 16.5. The molecule has 1 aromatic heterocycles. The van der Waals surface area contributed by atoms with Crippen molar-refractivity contribution in [3.8, 4) is 0 Å². The number of rotatable bonds is 3. The maximum atomic E-state index is 5.80. The van der Waals surface area contributed by atoms with Gasteiger partial charge in [-0.2, -0.15) is 4.98 Å². The zero-order chi connectivity index (χ0) is 10.7. The van der Waals surface area contributed by atoms with Crippen molar-refractivity contribution in [2.45, 2.75) is 12.8 Å². The van der Waals surface area contributed by atoms with E-state index < -0.39 is 0 Å². The molecule has 0 radical (unpaired) electrons. The molecule has 4 N–H and O–H groups in total. The maximum absolute atomic E-state index is 5.80. The van der Waals surface area contributed by atoms with Gasteiger partial charge in [-0.05, 0) is 23.2 Å². The molecule has 0 aliphatic heterocycles. The van der Waals surface area contributed by atoms with E-state index in [9.17, 15) is 0 Å². The summed E-state index contributed by atoms with van der Waals surface area (Å²) < 4.78 is 4.90. The van der Waals surface area contributed by atoms with Gasteiger partial charge in [0.2, 0.25) is 5.89 Å². The lowest BCUT2D eigenvalue weighted by atomic mass is 10.1. The fourth-order valence-corrected chi connectivity index (χ4v) is 1.37. The summed E-state index contributed by atoms with van der Waals surface area (Å²) in [5, 5.41) is 3.51. The lowest BCUT2D eigenvalue weighted by molar-refractivity contribution is 0.379. The van der Waals surface area contributed by atoms with Crippen molar-refractivity contribution in [3.63, 3.8) is 0 Å². The van der Waals surface area contributed by atoms with Crippen LogP contribution in [0.1, 0.15) is 11.5 Å². The van der Waals surface area contributed by atoms with E-state index in [1.807, 2.05) is 24.3 Å². The number of aromatic nitrogens is 2. The minimum absolute atomic E-state index is 0.172. The van der Waals surface area contributed by atoms with Gasteiger partial charge in [-0.3, -0.25) is 0 Å². The largest absolute Gasteiger partial charge is 0.399 e. The molecule has 2 aromatic rings. The third kappa shape index (κ3) is 2.25. The van der Waals surface area contributed by atoms with Crippen molar-refractivity contribution in [1.29, 1.82) is 0 Å². The summed E-state index contributed by atoms with van der Waals surface area (Å²) in [7, 11) is 0. The number of aryl methyl sites for hydroxylation is 2. The summed E-state index contributed by atoms with van der Waals surface area (Å²) in [5.41, 5.74) is 13.0. The molecule has 2 rings (SSSR count). The SMILES string of the molecule is Nc1noc(CCc2ccccc2N)n1. The van der Waals surface area contributed by atoms with E-state index in [0.717, 1.165) is 17.7 Å². The number of nitrogen functional groups attached to an aromatic ring is 2. The second kappa shape index (κ2) is 4.00. The molecular weight excluding hydrogens is 192 g/mol. The van der Waals surface area contributed by atoms with Gasteiger partial charge in [-0.25, -0.2) is 0 Å². The molecule has 15 heavy (non-hydrogen) atoms. The lowest BCUT2D eigenvalue weighted by Gasteiger charge is -2.02. The molecule has 0 aliphatic rings. The lowest BCUT2D eigenvalue weighted by Crippen LogP contribution is -1.97. The quantitative estimate of drug-likeness (QED) is 0.728. The van der Waals surface area contributed by atoms with Crippen LogP contribution in [-0.4, -0.2) is 10.1 Å². The van der Waals surface area contributed by atoms with Crippen LogP contribution < -0.4 is 11.5 Å². The van der Waals surface area contributed by atoms with Gasteiger partial charge in [0.25, 0.3) is 5.95 Å². The Labute approximate surface area is 87.1 Å². The second-order valence-electron chi connectivity index (χ2n) is 3.25. The van der Waals surface area contributed by atoms with Crippen molar-refractivity contribution >= 4 is 11.6 Å². The average molecular weight is 204 g/mol. The number of benzene rings is 1. The minimum Gasteiger partial charge on any atom is -0.399 e. The number of nitrogens with two attached hydrogens (primary N) is 2. The van der Waals surface area contributed by atoms with Gasteiger partial charge in [0.05, 0.1) is 0 Å². The molecule has 0 saturated heterocycles. The zero-order valence-electron chi connectivity index (χ0n) is 8.18. The summed E-state index contributed by atoms with van der Waals surface area (Å²) in [5.74, 6) is 0.710. The van der Waals surface area contributed by atoms with Crippen molar-refractivity contribution in [2.24, 2.45) is 0 Å².